The van der Waals surface area contributed by atoms with Crippen LogP contribution in [0.15, 0.2) is 18.2 Å². The number of hydrogen-bond donors (Lipinski definition) is 2. The number of carboxylic acid groups (broad SMARTS) is 1. The molecule has 1 aliphatic rings. The van der Waals surface area contributed by atoms with E-state index in [0.29, 0.717) is 6.54 Å². The van der Waals surface area contributed by atoms with E-state index >= 15 is 0 Å². The van der Waals surface area contributed by atoms with E-state index in [1.54, 1.807) is 6.07 Å². The molecule has 0 unspecified atom stereocenters. The van der Waals surface area contributed by atoms with Gasteiger partial charge < -0.3 is 15.3 Å². The molecule has 0 aliphatic heterocycles. The van der Waals surface area contributed by atoms with E-state index in [0.717, 1.165) is 24.8 Å². The zero-order valence-corrected chi connectivity index (χ0v) is 12.0. The van der Waals surface area contributed by atoms with Crippen LogP contribution >= 0.6 is 0 Å². The first-order valence-corrected chi connectivity index (χ1v) is 7.27. The lowest BCUT2D eigenvalue weighted by atomic mass is 10.2. The smallest absolute Gasteiger partial charge is 0.354 e. The van der Waals surface area contributed by atoms with Crippen LogP contribution in [0.2, 0.25) is 0 Å². The number of pyridine rings is 1. The van der Waals surface area contributed by atoms with Crippen LogP contribution in [-0.2, 0) is 6.54 Å². The fourth-order valence-corrected chi connectivity index (χ4v) is 2.70. The number of nitrogens with one attached hydrogen (secondary N) is 1. The average molecular weight is 277 g/mol. The molecule has 1 heterocycles. The molecule has 2 N–H and O–H groups in total. The molecular formula is C15H23N3O2. The molecule has 0 aromatic carbocycles. The van der Waals surface area contributed by atoms with Crippen molar-refractivity contribution in [3.63, 3.8) is 0 Å². The second-order valence-corrected chi connectivity index (χ2v) is 5.41. The van der Waals surface area contributed by atoms with Crippen LogP contribution in [0.25, 0.3) is 0 Å². The Balaban J connectivity index is 1.70. The van der Waals surface area contributed by atoms with Crippen molar-refractivity contribution >= 4 is 5.97 Å². The van der Waals surface area contributed by atoms with Gasteiger partial charge in [0.15, 0.2) is 0 Å². The molecule has 0 radical (unpaired) electrons. The fraction of sp³-hybridized carbons (Fsp3) is 0.600. The maximum atomic E-state index is 10.8. The van der Waals surface area contributed by atoms with Gasteiger partial charge in [0.2, 0.25) is 0 Å². The average Bonchev–Trinajstić information content (AvgIpc) is 2.98. The molecule has 0 amide bonds. The van der Waals surface area contributed by atoms with Gasteiger partial charge >= 0.3 is 5.97 Å². The van der Waals surface area contributed by atoms with E-state index in [-0.39, 0.29) is 5.69 Å². The van der Waals surface area contributed by atoms with Gasteiger partial charge in [-0.2, -0.15) is 0 Å². The monoisotopic (exact) mass is 277 g/mol. The zero-order chi connectivity index (χ0) is 14.4. The molecule has 0 spiro atoms. The molecule has 1 saturated carbocycles. The first-order chi connectivity index (χ1) is 9.66. The molecular weight excluding hydrogens is 254 g/mol. The third kappa shape index (κ3) is 4.28. The zero-order valence-electron chi connectivity index (χ0n) is 12.0. The number of carbonyl (C=O) groups is 1. The summed E-state index contributed by atoms with van der Waals surface area (Å²) in [6.07, 6.45) is 5.35. The maximum absolute atomic E-state index is 10.8. The summed E-state index contributed by atoms with van der Waals surface area (Å²) in [6.45, 7) is 2.52. The van der Waals surface area contributed by atoms with Gasteiger partial charge in [-0.3, -0.25) is 0 Å². The Hall–Kier alpha value is -1.46. The normalized spacial score (nSPS) is 15.9. The predicted octanol–water partition coefficient (Wildman–Crippen LogP) is 1.74. The summed E-state index contributed by atoms with van der Waals surface area (Å²) < 4.78 is 0. The van der Waals surface area contributed by atoms with Gasteiger partial charge in [0.25, 0.3) is 0 Å². The summed E-state index contributed by atoms with van der Waals surface area (Å²) >= 11 is 0. The van der Waals surface area contributed by atoms with Crippen LogP contribution < -0.4 is 5.32 Å². The quantitative estimate of drug-likeness (QED) is 0.743. The Labute approximate surface area is 120 Å². The molecule has 0 bridgehead atoms. The van der Waals surface area contributed by atoms with Crippen molar-refractivity contribution in [1.29, 1.82) is 0 Å². The number of carboxylic acids is 1. The van der Waals surface area contributed by atoms with Gasteiger partial charge in [-0.15, -0.1) is 0 Å². The van der Waals surface area contributed by atoms with Crippen LogP contribution in [0.3, 0.4) is 0 Å². The molecule has 2 rings (SSSR count). The third-order valence-corrected chi connectivity index (χ3v) is 3.92. The fourth-order valence-electron chi connectivity index (χ4n) is 2.70. The molecule has 110 valence electrons. The number of aromatic nitrogens is 1. The van der Waals surface area contributed by atoms with E-state index in [9.17, 15) is 4.79 Å². The van der Waals surface area contributed by atoms with Crippen molar-refractivity contribution in [2.45, 2.75) is 38.3 Å². The Bertz CT molecular complexity index is 444. The number of likely N-dealkylation sites (N-methyl/N-ethyl adjacent to an activating group) is 1. The summed E-state index contributed by atoms with van der Waals surface area (Å²) in [4.78, 5) is 17.3. The Kier molecular flexibility index (Phi) is 5.49. The highest BCUT2D eigenvalue weighted by atomic mass is 16.4. The van der Waals surface area contributed by atoms with E-state index in [4.69, 9.17) is 5.11 Å². The Morgan fingerprint density at radius 1 is 1.45 bits per heavy atom. The van der Waals surface area contributed by atoms with E-state index < -0.39 is 5.97 Å². The molecule has 1 aromatic rings. The second kappa shape index (κ2) is 7.36. The molecule has 1 fully saturated rings. The van der Waals surface area contributed by atoms with Gasteiger partial charge in [-0.1, -0.05) is 18.9 Å². The third-order valence-electron chi connectivity index (χ3n) is 3.92. The highest BCUT2D eigenvalue weighted by Crippen LogP contribution is 2.21. The van der Waals surface area contributed by atoms with E-state index in [1.807, 2.05) is 6.07 Å². The van der Waals surface area contributed by atoms with Gasteiger partial charge in [0.05, 0.1) is 5.69 Å². The van der Waals surface area contributed by atoms with Crippen molar-refractivity contribution in [1.82, 2.24) is 15.2 Å². The number of nitrogens with zero attached hydrogens (tertiary/aromatic N) is 2. The van der Waals surface area contributed by atoms with Gasteiger partial charge in [-0.25, -0.2) is 9.78 Å². The largest absolute Gasteiger partial charge is 0.477 e. The lowest BCUT2D eigenvalue weighted by molar-refractivity contribution is 0.0690. The summed E-state index contributed by atoms with van der Waals surface area (Å²) in [6, 6.07) is 5.84. The highest BCUT2D eigenvalue weighted by Gasteiger charge is 2.18. The van der Waals surface area contributed by atoms with E-state index in [2.05, 4.69) is 22.2 Å². The van der Waals surface area contributed by atoms with Crippen molar-refractivity contribution in [2.24, 2.45) is 0 Å². The van der Waals surface area contributed by atoms with Crippen LogP contribution in [0, 0.1) is 0 Å². The first-order valence-electron chi connectivity index (χ1n) is 7.27. The Morgan fingerprint density at radius 2 is 2.20 bits per heavy atom. The SMILES string of the molecule is CN(CCNCc1cccc(C(=O)O)n1)C1CCCC1. The van der Waals surface area contributed by atoms with Crippen LogP contribution in [0.4, 0.5) is 0 Å². The van der Waals surface area contributed by atoms with Crippen molar-refractivity contribution < 1.29 is 9.90 Å². The lowest BCUT2D eigenvalue weighted by Crippen LogP contribution is -2.35. The summed E-state index contributed by atoms with van der Waals surface area (Å²) in [5.74, 6) is -0.979. The summed E-state index contributed by atoms with van der Waals surface area (Å²) in [7, 11) is 2.18. The summed E-state index contributed by atoms with van der Waals surface area (Å²) in [5, 5.41) is 12.2. The second-order valence-electron chi connectivity index (χ2n) is 5.41. The minimum atomic E-state index is -0.979. The van der Waals surface area contributed by atoms with Gasteiger partial charge in [0, 0.05) is 25.7 Å². The van der Waals surface area contributed by atoms with Crippen LogP contribution in [0.1, 0.15) is 41.9 Å². The highest BCUT2D eigenvalue weighted by molar-refractivity contribution is 5.85. The van der Waals surface area contributed by atoms with E-state index in [1.165, 1.54) is 31.7 Å². The molecule has 0 saturated heterocycles. The number of aromatic carboxylic acids is 1. The topological polar surface area (TPSA) is 65.5 Å². The number of rotatable bonds is 7. The lowest BCUT2D eigenvalue weighted by Gasteiger charge is -2.23. The van der Waals surface area contributed by atoms with Crippen molar-refractivity contribution in [3.8, 4) is 0 Å². The molecule has 0 atom stereocenters. The molecule has 1 aliphatic carbocycles. The van der Waals surface area contributed by atoms with Crippen molar-refractivity contribution in [2.75, 3.05) is 20.1 Å². The van der Waals surface area contributed by atoms with Gasteiger partial charge in [0.1, 0.15) is 5.69 Å². The molecule has 20 heavy (non-hydrogen) atoms. The maximum Gasteiger partial charge on any atom is 0.354 e. The van der Waals surface area contributed by atoms with Gasteiger partial charge in [-0.05, 0) is 32.0 Å². The van der Waals surface area contributed by atoms with Crippen LogP contribution in [-0.4, -0.2) is 47.1 Å². The minimum Gasteiger partial charge on any atom is -0.477 e. The number of hydrogen-bond acceptors (Lipinski definition) is 4. The minimum absolute atomic E-state index is 0.104. The predicted molar refractivity (Wildman–Crippen MR) is 77.8 cm³/mol. The summed E-state index contributed by atoms with van der Waals surface area (Å²) in [5.41, 5.74) is 0.876. The standard InChI is InChI=1S/C15H23N3O2/c1-18(13-6-2-3-7-13)10-9-16-11-12-5-4-8-14(17-12)15(19)20/h4-5,8,13,16H,2-3,6-7,9-11H2,1H3,(H,19,20). The molecule has 1 aromatic heterocycles. The first kappa shape index (κ1) is 14.9. The Morgan fingerprint density at radius 3 is 2.90 bits per heavy atom. The van der Waals surface area contributed by atoms with Crippen molar-refractivity contribution in [3.05, 3.63) is 29.6 Å². The molecule has 5 nitrogen and oxygen atoms in total. The molecule has 5 heteroatoms. The van der Waals surface area contributed by atoms with Crippen LogP contribution in [0.5, 0.6) is 0 Å².